The predicted molar refractivity (Wildman–Crippen MR) is 88.2 cm³/mol. The molecule has 0 aliphatic carbocycles. The number of benzene rings is 1. The van der Waals surface area contributed by atoms with Crippen LogP contribution in [0.1, 0.15) is 43.8 Å². The Balaban J connectivity index is 2.31. The van der Waals surface area contributed by atoms with Crippen LogP contribution in [0.3, 0.4) is 0 Å². The van der Waals surface area contributed by atoms with E-state index in [1.54, 1.807) is 17.4 Å². The molecule has 0 aliphatic rings. The second-order valence-electron chi connectivity index (χ2n) is 6.33. The van der Waals surface area contributed by atoms with Crippen LogP contribution in [0.15, 0.2) is 18.2 Å². The summed E-state index contributed by atoms with van der Waals surface area (Å²) in [6.07, 6.45) is 0.866. The molecule has 21 heavy (non-hydrogen) atoms. The molecule has 0 radical (unpaired) electrons. The molecule has 0 unspecified atom stereocenters. The smallest absolute Gasteiger partial charge is 0.133 e. The van der Waals surface area contributed by atoms with Crippen molar-refractivity contribution in [3.63, 3.8) is 0 Å². The topological polar surface area (TPSA) is 24.9 Å². The minimum atomic E-state index is -0.193. The number of thiazole rings is 1. The van der Waals surface area contributed by atoms with Crippen LogP contribution in [0, 0.1) is 12.7 Å². The molecule has 0 saturated heterocycles. The summed E-state index contributed by atoms with van der Waals surface area (Å²) >= 11 is 1.58. The Kier molecular flexibility index (Phi) is 4.79. The van der Waals surface area contributed by atoms with Crippen LogP contribution in [0.4, 0.5) is 4.39 Å². The molecule has 2 aromatic rings. The summed E-state index contributed by atoms with van der Waals surface area (Å²) < 4.78 is 14.1. The van der Waals surface area contributed by atoms with Gasteiger partial charge in [0, 0.05) is 22.5 Å². The van der Waals surface area contributed by atoms with Crippen LogP contribution >= 0.6 is 11.3 Å². The molecule has 0 amide bonds. The molecule has 1 heterocycles. The molecule has 0 spiro atoms. The summed E-state index contributed by atoms with van der Waals surface area (Å²) in [5.41, 5.74) is 2.65. The Morgan fingerprint density at radius 2 is 2.00 bits per heavy atom. The zero-order chi connectivity index (χ0) is 15.6. The number of hydrogen-bond donors (Lipinski definition) is 1. The first kappa shape index (κ1) is 16.1. The molecule has 1 aromatic carbocycles. The van der Waals surface area contributed by atoms with Crippen LogP contribution in [-0.4, -0.2) is 10.5 Å². The quantitative estimate of drug-likeness (QED) is 0.885. The van der Waals surface area contributed by atoms with Gasteiger partial charge in [-0.05, 0) is 51.8 Å². The van der Waals surface area contributed by atoms with Crippen molar-refractivity contribution in [1.82, 2.24) is 10.3 Å². The van der Waals surface area contributed by atoms with Gasteiger partial charge in [0.15, 0.2) is 0 Å². The van der Waals surface area contributed by atoms with Gasteiger partial charge in [-0.15, -0.1) is 11.3 Å². The van der Waals surface area contributed by atoms with Gasteiger partial charge in [0.05, 0.1) is 5.69 Å². The maximum absolute atomic E-state index is 14.1. The third-order valence-electron chi connectivity index (χ3n) is 3.25. The number of hydrogen-bond acceptors (Lipinski definition) is 3. The van der Waals surface area contributed by atoms with Crippen molar-refractivity contribution >= 4 is 11.3 Å². The van der Waals surface area contributed by atoms with Gasteiger partial charge in [0.2, 0.25) is 0 Å². The zero-order valence-corrected chi connectivity index (χ0v) is 14.2. The Morgan fingerprint density at radius 1 is 1.29 bits per heavy atom. The number of aromatic nitrogens is 1. The lowest BCUT2D eigenvalue weighted by molar-refractivity contribution is 0.425. The third-order valence-corrected chi connectivity index (χ3v) is 4.38. The van der Waals surface area contributed by atoms with E-state index in [-0.39, 0.29) is 11.4 Å². The summed E-state index contributed by atoms with van der Waals surface area (Å²) in [4.78, 5) is 5.83. The summed E-state index contributed by atoms with van der Waals surface area (Å²) in [6.45, 7) is 11.2. The van der Waals surface area contributed by atoms with E-state index < -0.39 is 0 Å². The van der Waals surface area contributed by atoms with E-state index in [2.05, 4.69) is 38.0 Å². The van der Waals surface area contributed by atoms with Crippen molar-refractivity contribution in [2.45, 2.75) is 53.1 Å². The van der Waals surface area contributed by atoms with E-state index in [9.17, 15) is 4.39 Å². The van der Waals surface area contributed by atoms with Crippen molar-refractivity contribution < 1.29 is 4.39 Å². The van der Waals surface area contributed by atoms with Crippen molar-refractivity contribution in [3.8, 4) is 10.6 Å². The highest BCUT2D eigenvalue weighted by atomic mass is 32.1. The molecule has 0 bridgehead atoms. The molecule has 2 rings (SSSR count). The van der Waals surface area contributed by atoms with Crippen molar-refractivity contribution in [3.05, 3.63) is 40.2 Å². The van der Waals surface area contributed by atoms with Gasteiger partial charge in [0.25, 0.3) is 0 Å². The molecule has 0 fully saturated rings. The second-order valence-corrected chi connectivity index (χ2v) is 7.41. The molecular formula is C17H23FN2S. The Labute approximate surface area is 130 Å². The number of nitrogens with one attached hydrogen (secondary N) is 1. The SMILES string of the molecule is CCc1nc(-c2ccc(C)cc2F)sc1CNC(C)(C)C. The maximum Gasteiger partial charge on any atom is 0.133 e. The zero-order valence-electron chi connectivity index (χ0n) is 13.4. The summed E-state index contributed by atoms with van der Waals surface area (Å²) in [5, 5.41) is 4.25. The maximum atomic E-state index is 14.1. The normalized spacial score (nSPS) is 11.9. The average molecular weight is 306 g/mol. The van der Waals surface area contributed by atoms with Crippen molar-refractivity contribution in [2.24, 2.45) is 0 Å². The average Bonchev–Trinajstić information content (AvgIpc) is 2.78. The fourth-order valence-corrected chi connectivity index (χ4v) is 3.17. The Morgan fingerprint density at radius 3 is 2.57 bits per heavy atom. The van der Waals surface area contributed by atoms with E-state index in [0.717, 1.165) is 29.2 Å². The first-order chi connectivity index (χ1) is 9.80. The second kappa shape index (κ2) is 6.24. The van der Waals surface area contributed by atoms with Crippen molar-refractivity contribution in [1.29, 1.82) is 0 Å². The van der Waals surface area contributed by atoms with E-state index in [0.29, 0.717) is 5.56 Å². The molecule has 2 nitrogen and oxygen atoms in total. The molecule has 0 atom stereocenters. The van der Waals surface area contributed by atoms with Gasteiger partial charge in [0.1, 0.15) is 10.8 Å². The lowest BCUT2D eigenvalue weighted by Crippen LogP contribution is -2.35. The molecule has 0 aliphatic heterocycles. The van der Waals surface area contributed by atoms with E-state index >= 15 is 0 Å². The van der Waals surface area contributed by atoms with Gasteiger partial charge in [-0.25, -0.2) is 9.37 Å². The van der Waals surface area contributed by atoms with Gasteiger partial charge >= 0.3 is 0 Å². The predicted octanol–water partition coefficient (Wildman–Crippen LogP) is 4.71. The third kappa shape index (κ3) is 4.11. The molecule has 1 aromatic heterocycles. The summed E-state index contributed by atoms with van der Waals surface area (Å²) in [6, 6.07) is 5.32. The highest BCUT2D eigenvalue weighted by Gasteiger charge is 2.16. The number of rotatable bonds is 4. The lowest BCUT2D eigenvalue weighted by Gasteiger charge is -2.20. The molecular weight excluding hydrogens is 283 g/mol. The van der Waals surface area contributed by atoms with Gasteiger partial charge in [-0.1, -0.05) is 13.0 Å². The highest BCUT2D eigenvalue weighted by molar-refractivity contribution is 7.15. The monoisotopic (exact) mass is 306 g/mol. The molecule has 0 saturated carbocycles. The van der Waals surface area contributed by atoms with Crippen LogP contribution in [0.5, 0.6) is 0 Å². The summed E-state index contributed by atoms with van der Waals surface area (Å²) in [7, 11) is 0. The Bertz CT molecular complexity index is 626. The molecule has 4 heteroatoms. The van der Waals surface area contributed by atoms with E-state index in [1.165, 1.54) is 4.88 Å². The van der Waals surface area contributed by atoms with Gasteiger partial charge in [-0.2, -0.15) is 0 Å². The fourth-order valence-electron chi connectivity index (χ4n) is 2.05. The highest BCUT2D eigenvalue weighted by Crippen LogP contribution is 2.31. The van der Waals surface area contributed by atoms with E-state index in [4.69, 9.17) is 0 Å². The number of halogens is 1. The Hall–Kier alpha value is -1.26. The number of aryl methyl sites for hydroxylation is 2. The fraction of sp³-hybridized carbons (Fsp3) is 0.471. The van der Waals surface area contributed by atoms with Crippen molar-refractivity contribution in [2.75, 3.05) is 0 Å². The first-order valence-corrected chi connectivity index (χ1v) is 8.12. The van der Waals surface area contributed by atoms with Gasteiger partial charge in [-0.3, -0.25) is 0 Å². The minimum Gasteiger partial charge on any atom is -0.307 e. The van der Waals surface area contributed by atoms with Crippen LogP contribution in [0.25, 0.3) is 10.6 Å². The summed E-state index contributed by atoms with van der Waals surface area (Å²) in [5.74, 6) is -0.193. The van der Waals surface area contributed by atoms with Crippen LogP contribution in [-0.2, 0) is 13.0 Å². The molecule has 114 valence electrons. The first-order valence-electron chi connectivity index (χ1n) is 7.30. The number of nitrogens with zero attached hydrogens (tertiary/aromatic N) is 1. The lowest BCUT2D eigenvalue weighted by atomic mass is 10.1. The molecule has 1 N–H and O–H groups in total. The van der Waals surface area contributed by atoms with E-state index in [1.807, 2.05) is 19.1 Å². The van der Waals surface area contributed by atoms with Crippen LogP contribution in [0.2, 0.25) is 0 Å². The largest absolute Gasteiger partial charge is 0.307 e. The van der Waals surface area contributed by atoms with Gasteiger partial charge < -0.3 is 5.32 Å². The standard InChI is InChI=1S/C17H23FN2S/c1-6-14-15(10-19-17(3,4)5)21-16(20-14)12-8-7-11(2)9-13(12)18/h7-9,19H,6,10H2,1-5H3. The van der Waals surface area contributed by atoms with Crippen LogP contribution < -0.4 is 5.32 Å². The minimum absolute atomic E-state index is 0.0598.